The minimum Gasteiger partial charge on any atom is -0.312 e. The lowest BCUT2D eigenvalue weighted by Gasteiger charge is -2.36. The van der Waals surface area contributed by atoms with Crippen molar-refractivity contribution in [2.24, 2.45) is 0 Å². The highest BCUT2D eigenvalue weighted by Crippen LogP contribution is 2.26. The number of imide groups is 1. The predicted molar refractivity (Wildman–Crippen MR) is 106 cm³/mol. The van der Waals surface area contributed by atoms with Crippen LogP contribution < -0.4 is 4.90 Å². The smallest absolute Gasteiger partial charge is 0.312 e. The van der Waals surface area contributed by atoms with E-state index in [1.807, 2.05) is 30.3 Å². The Morgan fingerprint density at radius 1 is 0.926 bits per heavy atom. The summed E-state index contributed by atoms with van der Waals surface area (Å²) in [7, 11) is 0. The van der Waals surface area contributed by atoms with Crippen LogP contribution in [-0.4, -0.2) is 47.4 Å². The molecule has 0 saturated carbocycles. The fourth-order valence-corrected chi connectivity index (χ4v) is 4.05. The summed E-state index contributed by atoms with van der Waals surface area (Å²) in [6.45, 7) is 5.18. The first-order valence-electron chi connectivity index (χ1n) is 9.59. The van der Waals surface area contributed by atoms with Gasteiger partial charge in [-0.2, -0.15) is 0 Å². The highest BCUT2D eigenvalue weighted by atomic mass is 16.2. The second kappa shape index (κ2) is 7.53. The number of likely N-dealkylation sites (tertiary alicyclic amines) is 1. The highest BCUT2D eigenvalue weighted by molar-refractivity contribution is 6.19. The van der Waals surface area contributed by atoms with Crippen LogP contribution in [0, 0.1) is 6.92 Å². The first kappa shape index (κ1) is 17.7. The van der Waals surface area contributed by atoms with Crippen LogP contribution in [0.4, 0.5) is 10.5 Å². The topological polar surface area (TPSA) is 43.9 Å². The molecule has 0 atom stereocenters. The van der Waals surface area contributed by atoms with Gasteiger partial charge in [0.15, 0.2) is 0 Å². The largest absolute Gasteiger partial charge is 0.332 e. The van der Waals surface area contributed by atoms with E-state index in [-0.39, 0.29) is 24.5 Å². The van der Waals surface area contributed by atoms with Gasteiger partial charge in [-0.25, -0.2) is 9.69 Å². The number of carbonyl (C=O) groups is 2. The van der Waals surface area contributed by atoms with Gasteiger partial charge in [0.05, 0.1) is 5.69 Å². The average Bonchev–Trinajstić information content (AvgIpc) is 2.99. The second-order valence-electron chi connectivity index (χ2n) is 7.41. The Morgan fingerprint density at radius 2 is 1.59 bits per heavy atom. The number of urea groups is 1. The Bertz CT molecular complexity index is 828. The van der Waals surface area contributed by atoms with Crippen molar-refractivity contribution in [1.29, 1.82) is 0 Å². The molecule has 2 heterocycles. The fraction of sp³-hybridized carbons (Fsp3) is 0.364. The van der Waals surface area contributed by atoms with Crippen LogP contribution in [0.25, 0.3) is 0 Å². The lowest BCUT2D eigenvalue weighted by molar-refractivity contribution is -0.116. The van der Waals surface area contributed by atoms with Crippen LogP contribution in [0.3, 0.4) is 0 Å². The molecule has 2 aliphatic heterocycles. The quantitative estimate of drug-likeness (QED) is 0.782. The van der Waals surface area contributed by atoms with Crippen molar-refractivity contribution in [3.8, 4) is 0 Å². The number of benzene rings is 2. The average molecular weight is 363 g/mol. The lowest BCUT2D eigenvalue weighted by Crippen LogP contribution is -2.46. The summed E-state index contributed by atoms with van der Waals surface area (Å²) in [5, 5.41) is 0. The maximum Gasteiger partial charge on any atom is 0.332 e. The van der Waals surface area contributed by atoms with Crippen LogP contribution in [0.2, 0.25) is 0 Å². The van der Waals surface area contributed by atoms with Gasteiger partial charge >= 0.3 is 6.03 Å². The molecule has 2 saturated heterocycles. The van der Waals surface area contributed by atoms with Crippen molar-refractivity contribution in [3.63, 3.8) is 0 Å². The molecule has 3 amide bonds. The van der Waals surface area contributed by atoms with E-state index in [4.69, 9.17) is 0 Å². The zero-order chi connectivity index (χ0) is 18.8. The molecule has 4 rings (SSSR count). The Morgan fingerprint density at radius 3 is 2.30 bits per heavy atom. The maximum atomic E-state index is 12.9. The third kappa shape index (κ3) is 3.60. The van der Waals surface area contributed by atoms with E-state index in [0.717, 1.165) is 32.5 Å². The Balaban J connectivity index is 1.38. The van der Waals surface area contributed by atoms with Gasteiger partial charge in [0.1, 0.15) is 6.54 Å². The molecule has 140 valence electrons. The molecule has 0 bridgehead atoms. The number of nitrogens with zero attached hydrogens (tertiary/aromatic N) is 3. The minimum atomic E-state index is -0.177. The summed E-state index contributed by atoms with van der Waals surface area (Å²) in [5.74, 6) is -0.131. The number of carbonyl (C=O) groups excluding carboxylic acids is 2. The van der Waals surface area contributed by atoms with Crippen LogP contribution >= 0.6 is 0 Å². The highest BCUT2D eigenvalue weighted by Gasteiger charge is 2.41. The predicted octanol–water partition coefficient (Wildman–Crippen LogP) is 3.43. The van der Waals surface area contributed by atoms with Gasteiger partial charge in [0.25, 0.3) is 5.91 Å². The number of piperidine rings is 1. The van der Waals surface area contributed by atoms with E-state index in [1.165, 1.54) is 16.0 Å². The van der Waals surface area contributed by atoms with Gasteiger partial charge in [-0.3, -0.25) is 9.69 Å². The van der Waals surface area contributed by atoms with Crippen molar-refractivity contribution in [3.05, 3.63) is 65.7 Å². The zero-order valence-electron chi connectivity index (χ0n) is 15.7. The summed E-state index contributed by atoms with van der Waals surface area (Å²) >= 11 is 0. The van der Waals surface area contributed by atoms with Gasteiger partial charge in [0, 0.05) is 25.7 Å². The number of aryl methyl sites for hydroxylation is 1. The summed E-state index contributed by atoms with van der Waals surface area (Å²) in [5.41, 5.74) is 3.34. The summed E-state index contributed by atoms with van der Waals surface area (Å²) < 4.78 is 0. The zero-order valence-corrected chi connectivity index (χ0v) is 15.7. The van der Waals surface area contributed by atoms with E-state index in [0.29, 0.717) is 5.69 Å². The summed E-state index contributed by atoms with van der Waals surface area (Å²) in [6, 6.07) is 17.7. The summed E-state index contributed by atoms with van der Waals surface area (Å²) in [4.78, 5) is 30.8. The molecular formula is C22H25N3O2. The Kier molecular flexibility index (Phi) is 4.94. The molecule has 2 aromatic carbocycles. The SMILES string of the molecule is Cc1ccccc1CN1CCC(N2CC(=O)N(c3ccccc3)C2=O)CC1. The van der Waals surface area contributed by atoms with E-state index in [1.54, 1.807) is 4.90 Å². The molecule has 2 aromatic rings. The molecule has 0 N–H and O–H groups in total. The van der Waals surface area contributed by atoms with Crippen LogP contribution in [0.5, 0.6) is 0 Å². The van der Waals surface area contributed by atoms with Crippen molar-refractivity contribution in [1.82, 2.24) is 9.80 Å². The number of anilines is 1. The molecule has 0 aromatic heterocycles. The Hall–Kier alpha value is -2.66. The first-order chi connectivity index (χ1) is 13.1. The third-order valence-corrected chi connectivity index (χ3v) is 5.66. The lowest BCUT2D eigenvalue weighted by atomic mass is 10.0. The molecule has 0 unspecified atom stereocenters. The molecule has 2 fully saturated rings. The molecule has 5 nitrogen and oxygen atoms in total. The van der Waals surface area contributed by atoms with E-state index >= 15 is 0 Å². The first-order valence-corrected chi connectivity index (χ1v) is 9.59. The normalized spacial score (nSPS) is 19.1. The summed E-state index contributed by atoms with van der Waals surface area (Å²) in [6.07, 6.45) is 1.82. The van der Waals surface area contributed by atoms with E-state index in [9.17, 15) is 9.59 Å². The standard InChI is InChI=1S/C22H25N3O2/c1-17-7-5-6-8-18(17)15-23-13-11-19(12-14-23)24-16-21(26)25(22(24)27)20-9-3-2-4-10-20/h2-10,19H,11-16H2,1H3. The second-order valence-corrected chi connectivity index (χ2v) is 7.41. The molecule has 0 aliphatic carbocycles. The third-order valence-electron chi connectivity index (χ3n) is 5.66. The van der Waals surface area contributed by atoms with Crippen molar-refractivity contribution in [2.75, 3.05) is 24.5 Å². The van der Waals surface area contributed by atoms with Gasteiger partial charge in [-0.1, -0.05) is 42.5 Å². The number of hydrogen-bond donors (Lipinski definition) is 0. The minimum absolute atomic E-state index is 0.131. The maximum absolute atomic E-state index is 12.9. The molecule has 0 radical (unpaired) electrons. The Labute approximate surface area is 160 Å². The van der Waals surface area contributed by atoms with Gasteiger partial charge in [-0.05, 0) is 43.0 Å². The molecule has 2 aliphatic rings. The van der Waals surface area contributed by atoms with Crippen molar-refractivity contribution in [2.45, 2.75) is 32.4 Å². The number of rotatable bonds is 4. The van der Waals surface area contributed by atoms with Gasteiger partial charge in [0.2, 0.25) is 0 Å². The van der Waals surface area contributed by atoms with Crippen LogP contribution in [-0.2, 0) is 11.3 Å². The van der Waals surface area contributed by atoms with Gasteiger partial charge in [-0.15, -0.1) is 0 Å². The monoisotopic (exact) mass is 363 g/mol. The van der Waals surface area contributed by atoms with Crippen LogP contribution in [0.1, 0.15) is 24.0 Å². The van der Waals surface area contributed by atoms with Crippen molar-refractivity contribution < 1.29 is 9.59 Å². The van der Waals surface area contributed by atoms with Crippen LogP contribution in [0.15, 0.2) is 54.6 Å². The number of para-hydroxylation sites is 1. The molecule has 27 heavy (non-hydrogen) atoms. The molecular weight excluding hydrogens is 338 g/mol. The fourth-order valence-electron chi connectivity index (χ4n) is 4.05. The van der Waals surface area contributed by atoms with E-state index < -0.39 is 0 Å². The number of amides is 3. The molecule has 5 heteroatoms. The number of hydrogen-bond acceptors (Lipinski definition) is 3. The van der Waals surface area contributed by atoms with Crippen molar-refractivity contribution >= 4 is 17.6 Å². The van der Waals surface area contributed by atoms with Gasteiger partial charge < -0.3 is 4.90 Å². The van der Waals surface area contributed by atoms with E-state index in [2.05, 4.69) is 36.1 Å². The molecule has 0 spiro atoms.